The predicted molar refractivity (Wildman–Crippen MR) is 110 cm³/mol. The fraction of sp³-hybridized carbons (Fsp3) is 0.389. The molecule has 1 aliphatic rings. The minimum Gasteiger partial charge on any atom is -0.376 e. The average molecular weight is 409 g/mol. The summed E-state index contributed by atoms with van der Waals surface area (Å²) in [6, 6.07) is 7.10. The van der Waals surface area contributed by atoms with Crippen LogP contribution in [0, 0.1) is 0 Å². The molecule has 0 bridgehead atoms. The quantitative estimate of drug-likeness (QED) is 0.681. The first-order valence-corrected chi connectivity index (χ1v) is 9.53. The van der Waals surface area contributed by atoms with Crippen LogP contribution in [0.15, 0.2) is 30.6 Å². The van der Waals surface area contributed by atoms with Crippen molar-refractivity contribution in [2.45, 2.75) is 18.9 Å². The van der Waals surface area contributed by atoms with Crippen LogP contribution in [0.2, 0.25) is 10.0 Å². The van der Waals surface area contributed by atoms with Crippen LogP contribution in [0.3, 0.4) is 0 Å². The second kappa shape index (κ2) is 9.10. The highest BCUT2D eigenvalue weighted by molar-refractivity contribution is 6.35. The van der Waals surface area contributed by atoms with E-state index in [1.54, 1.807) is 24.5 Å². The molecule has 3 N–H and O–H groups in total. The lowest BCUT2D eigenvalue weighted by Crippen LogP contribution is -2.49. The van der Waals surface area contributed by atoms with Crippen molar-refractivity contribution in [1.29, 1.82) is 0 Å². The molecular weight excluding hydrogens is 387 g/mol. The van der Waals surface area contributed by atoms with Crippen molar-refractivity contribution >= 4 is 46.4 Å². The number of anilines is 3. The van der Waals surface area contributed by atoms with E-state index >= 15 is 0 Å². The number of hydrogen-bond acceptors (Lipinski definition) is 6. The van der Waals surface area contributed by atoms with Gasteiger partial charge in [-0.3, -0.25) is 4.79 Å². The molecule has 0 aliphatic carbocycles. The molecule has 7 nitrogen and oxygen atoms in total. The van der Waals surface area contributed by atoms with Gasteiger partial charge in [0.15, 0.2) is 0 Å². The molecule has 1 amide bonds. The summed E-state index contributed by atoms with van der Waals surface area (Å²) in [6.45, 7) is 1.78. The van der Waals surface area contributed by atoms with E-state index in [0.717, 1.165) is 37.6 Å². The smallest absolute Gasteiger partial charge is 0.239 e. The van der Waals surface area contributed by atoms with Crippen molar-refractivity contribution in [1.82, 2.24) is 15.3 Å². The van der Waals surface area contributed by atoms with Crippen LogP contribution in [0.1, 0.15) is 12.8 Å². The van der Waals surface area contributed by atoms with E-state index in [9.17, 15) is 4.79 Å². The molecule has 144 valence electrons. The molecular formula is C18H22Cl2N6O. The van der Waals surface area contributed by atoms with Crippen molar-refractivity contribution in [2.75, 3.05) is 42.2 Å². The van der Waals surface area contributed by atoms with Gasteiger partial charge in [-0.15, -0.1) is 0 Å². The zero-order valence-electron chi connectivity index (χ0n) is 15.0. The molecule has 2 aromatic rings. The average Bonchev–Trinajstić information content (AvgIpc) is 2.66. The SMILES string of the molecule is CNc1cc(N2CCC[C@@H](NC(=O)CNc3cc(Cl)cc(Cl)c3)C2)ncn1. The normalized spacial score (nSPS) is 16.7. The highest BCUT2D eigenvalue weighted by Crippen LogP contribution is 2.22. The molecule has 1 atom stereocenters. The standard InChI is InChI=1S/C18H22Cl2N6O/c1-21-16-8-17(24-11-23-16)26-4-2-3-14(10-26)25-18(27)9-22-15-6-12(19)5-13(20)7-15/h5-8,11,14,22H,2-4,9-10H2,1H3,(H,25,27)(H,21,23,24)/t14-/m1/s1. The number of nitrogens with zero attached hydrogens (tertiary/aromatic N) is 3. The van der Waals surface area contributed by atoms with E-state index in [0.29, 0.717) is 15.7 Å². The molecule has 0 radical (unpaired) electrons. The van der Waals surface area contributed by atoms with Crippen molar-refractivity contribution in [3.05, 3.63) is 40.6 Å². The molecule has 27 heavy (non-hydrogen) atoms. The third kappa shape index (κ3) is 5.61. The molecule has 9 heteroatoms. The minimum atomic E-state index is -0.0726. The van der Waals surface area contributed by atoms with E-state index in [-0.39, 0.29) is 18.5 Å². The predicted octanol–water partition coefficient (Wildman–Crippen LogP) is 3.02. The van der Waals surface area contributed by atoms with E-state index in [2.05, 4.69) is 30.8 Å². The van der Waals surface area contributed by atoms with Crippen LogP contribution in [0.25, 0.3) is 0 Å². The molecule has 3 rings (SSSR count). The Kier molecular flexibility index (Phi) is 6.58. The zero-order valence-corrected chi connectivity index (χ0v) is 16.5. The van der Waals surface area contributed by atoms with Gasteiger partial charge in [-0.05, 0) is 31.0 Å². The van der Waals surface area contributed by atoms with E-state index in [1.165, 1.54) is 0 Å². The Labute approximate surface area is 168 Å². The van der Waals surface area contributed by atoms with Gasteiger partial charge in [-0.1, -0.05) is 23.2 Å². The molecule has 0 spiro atoms. The largest absolute Gasteiger partial charge is 0.376 e. The van der Waals surface area contributed by atoms with Crippen molar-refractivity contribution in [3.8, 4) is 0 Å². The summed E-state index contributed by atoms with van der Waals surface area (Å²) in [6.07, 6.45) is 3.47. The van der Waals surface area contributed by atoms with Gasteiger partial charge in [0, 0.05) is 48.0 Å². The first kappa shape index (κ1) is 19.5. The number of carbonyl (C=O) groups excluding carboxylic acids is 1. The fourth-order valence-corrected chi connectivity index (χ4v) is 3.60. The van der Waals surface area contributed by atoms with Crippen molar-refractivity contribution < 1.29 is 4.79 Å². The van der Waals surface area contributed by atoms with Crippen LogP contribution in [-0.4, -0.2) is 48.6 Å². The van der Waals surface area contributed by atoms with Crippen LogP contribution < -0.4 is 20.9 Å². The maximum absolute atomic E-state index is 12.3. The summed E-state index contributed by atoms with van der Waals surface area (Å²) in [5.41, 5.74) is 0.716. The molecule has 1 saturated heterocycles. The molecule has 2 heterocycles. The number of piperidine rings is 1. The van der Waals surface area contributed by atoms with E-state index in [4.69, 9.17) is 23.2 Å². The summed E-state index contributed by atoms with van der Waals surface area (Å²) >= 11 is 11.9. The fourth-order valence-electron chi connectivity index (χ4n) is 3.08. The van der Waals surface area contributed by atoms with E-state index in [1.807, 2.05) is 13.1 Å². The number of benzene rings is 1. The Bertz CT molecular complexity index is 783. The maximum Gasteiger partial charge on any atom is 0.239 e. The van der Waals surface area contributed by atoms with Gasteiger partial charge in [0.1, 0.15) is 18.0 Å². The van der Waals surface area contributed by atoms with Gasteiger partial charge in [0.2, 0.25) is 5.91 Å². The highest BCUT2D eigenvalue weighted by Gasteiger charge is 2.22. The van der Waals surface area contributed by atoms with Gasteiger partial charge in [-0.2, -0.15) is 0 Å². The lowest BCUT2D eigenvalue weighted by atomic mass is 10.1. The van der Waals surface area contributed by atoms with Crippen LogP contribution in [-0.2, 0) is 4.79 Å². The van der Waals surface area contributed by atoms with Crippen molar-refractivity contribution in [3.63, 3.8) is 0 Å². The van der Waals surface area contributed by atoms with E-state index < -0.39 is 0 Å². The van der Waals surface area contributed by atoms with Crippen LogP contribution >= 0.6 is 23.2 Å². The number of halogens is 2. The lowest BCUT2D eigenvalue weighted by molar-refractivity contribution is -0.120. The second-order valence-electron chi connectivity index (χ2n) is 6.38. The lowest BCUT2D eigenvalue weighted by Gasteiger charge is -2.34. The maximum atomic E-state index is 12.3. The first-order chi connectivity index (χ1) is 13.0. The number of rotatable bonds is 6. The number of amides is 1. The minimum absolute atomic E-state index is 0.0726. The third-order valence-electron chi connectivity index (χ3n) is 4.33. The summed E-state index contributed by atoms with van der Waals surface area (Å²) in [4.78, 5) is 23.0. The van der Waals surface area contributed by atoms with Crippen LogP contribution in [0.4, 0.5) is 17.3 Å². The number of nitrogens with one attached hydrogen (secondary N) is 3. The van der Waals surface area contributed by atoms with Gasteiger partial charge < -0.3 is 20.9 Å². The van der Waals surface area contributed by atoms with Gasteiger partial charge in [0.25, 0.3) is 0 Å². The Morgan fingerprint density at radius 1 is 1.22 bits per heavy atom. The third-order valence-corrected chi connectivity index (χ3v) is 4.77. The number of hydrogen-bond donors (Lipinski definition) is 3. The summed E-state index contributed by atoms with van der Waals surface area (Å²) < 4.78 is 0. The monoisotopic (exact) mass is 408 g/mol. The summed E-state index contributed by atoms with van der Waals surface area (Å²) in [5.74, 6) is 1.56. The molecule has 1 aromatic heterocycles. The Morgan fingerprint density at radius 2 is 2.00 bits per heavy atom. The topological polar surface area (TPSA) is 82.2 Å². The van der Waals surface area contributed by atoms with Gasteiger partial charge >= 0.3 is 0 Å². The molecule has 1 fully saturated rings. The Balaban J connectivity index is 1.53. The van der Waals surface area contributed by atoms with Gasteiger partial charge in [0.05, 0.1) is 6.54 Å². The molecule has 0 unspecified atom stereocenters. The second-order valence-corrected chi connectivity index (χ2v) is 7.25. The summed E-state index contributed by atoms with van der Waals surface area (Å²) in [7, 11) is 1.82. The number of aromatic nitrogens is 2. The Hall–Kier alpha value is -2.25. The first-order valence-electron chi connectivity index (χ1n) is 8.77. The molecule has 0 saturated carbocycles. The zero-order chi connectivity index (χ0) is 19.2. The van der Waals surface area contributed by atoms with Crippen molar-refractivity contribution in [2.24, 2.45) is 0 Å². The highest BCUT2D eigenvalue weighted by atomic mass is 35.5. The molecule has 1 aromatic carbocycles. The van der Waals surface area contributed by atoms with Crippen LogP contribution in [0.5, 0.6) is 0 Å². The number of carbonyl (C=O) groups is 1. The summed E-state index contributed by atoms with van der Waals surface area (Å²) in [5, 5.41) is 10.2. The molecule has 1 aliphatic heterocycles. The Morgan fingerprint density at radius 3 is 2.74 bits per heavy atom. The van der Waals surface area contributed by atoms with Gasteiger partial charge in [-0.25, -0.2) is 9.97 Å².